The smallest absolute Gasteiger partial charge is 0.385 e. The molecule has 2 aromatic rings. The number of likely N-dealkylation sites (tertiary alicyclic amines) is 1. The summed E-state index contributed by atoms with van der Waals surface area (Å²) in [7, 11) is 0. The highest BCUT2D eigenvalue weighted by Gasteiger charge is 2.55. The number of alkyl halides is 3. The molecule has 9 heteroatoms. The maximum atomic E-state index is 12.9. The van der Waals surface area contributed by atoms with Crippen molar-refractivity contribution in [2.75, 3.05) is 19.6 Å². The third kappa shape index (κ3) is 5.25. The topological polar surface area (TPSA) is 81.7 Å². The Labute approximate surface area is 214 Å². The first-order valence-corrected chi connectivity index (χ1v) is 12.9. The van der Waals surface area contributed by atoms with Crippen molar-refractivity contribution < 1.29 is 27.9 Å². The zero-order chi connectivity index (χ0) is 26.2. The first-order valence-electron chi connectivity index (χ1n) is 12.9. The number of nitrogens with one attached hydrogen (secondary N) is 2. The monoisotopic (exact) mass is 515 g/mol. The molecule has 3 aliphatic rings. The van der Waals surface area contributed by atoms with Crippen LogP contribution in [0, 0.1) is 11.8 Å². The lowest BCUT2D eigenvalue weighted by Gasteiger charge is -2.45. The van der Waals surface area contributed by atoms with E-state index in [0.717, 1.165) is 56.3 Å². The van der Waals surface area contributed by atoms with E-state index in [4.69, 9.17) is 0 Å². The highest BCUT2D eigenvalue weighted by atomic mass is 19.4. The lowest BCUT2D eigenvalue weighted by atomic mass is 9.68. The molecular formula is C28H32F3N3O3. The van der Waals surface area contributed by atoms with Gasteiger partial charge in [-0.1, -0.05) is 36.4 Å². The van der Waals surface area contributed by atoms with Gasteiger partial charge in [-0.25, -0.2) is 0 Å². The van der Waals surface area contributed by atoms with Crippen LogP contribution in [-0.2, 0) is 16.6 Å². The standard InChI is InChI=1S/C28H32F3N3O3/c29-28(30,31)22-8-4-5-18(13-22)26(36)32-16-25(35)33-23-11-12-34(17-23)24-14-20-9-10-21(15-24)27(20,37)19-6-2-1-3-7-19/h1-8,13,20-21,23-24,37H,9-12,14-17H2,(H,32,36)(H,33,35)/t20?,21?,23-,24?,27?/m1/s1. The second-order valence-electron chi connectivity index (χ2n) is 10.6. The minimum Gasteiger partial charge on any atom is -0.385 e. The summed E-state index contributed by atoms with van der Waals surface area (Å²) in [5.41, 5.74) is -0.797. The van der Waals surface area contributed by atoms with Gasteiger partial charge in [0.15, 0.2) is 0 Å². The number of fused-ring (bicyclic) bond motifs is 2. The number of carbonyl (C=O) groups is 2. The van der Waals surface area contributed by atoms with Crippen molar-refractivity contribution in [3.05, 3.63) is 71.3 Å². The summed E-state index contributed by atoms with van der Waals surface area (Å²) in [6.07, 6.45) is 0.145. The number of halogens is 3. The Morgan fingerprint density at radius 2 is 1.70 bits per heavy atom. The number of aliphatic hydroxyl groups is 1. The molecule has 6 nitrogen and oxygen atoms in total. The zero-order valence-electron chi connectivity index (χ0n) is 20.5. The first-order chi connectivity index (χ1) is 17.6. The van der Waals surface area contributed by atoms with Crippen molar-refractivity contribution in [3.8, 4) is 0 Å². The molecule has 2 amide bonds. The molecule has 2 bridgehead atoms. The number of rotatable bonds is 6. The van der Waals surface area contributed by atoms with Crippen LogP contribution in [-0.4, -0.2) is 53.5 Å². The molecule has 1 heterocycles. The van der Waals surface area contributed by atoms with Gasteiger partial charge in [-0.2, -0.15) is 13.2 Å². The van der Waals surface area contributed by atoms with E-state index in [1.54, 1.807) is 0 Å². The van der Waals surface area contributed by atoms with E-state index in [-0.39, 0.29) is 35.9 Å². The Kier molecular flexibility index (Phi) is 7.02. The summed E-state index contributed by atoms with van der Waals surface area (Å²) in [5, 5.41) is 17.0. The average Bonchev–Trinajstić information content (AvgIpc) is 3.39. The van der Waals surface area contributed by atoms with E-state index in [2.05, 4.69) is 15.5 Å². The van der Waals surface area contributed by atoms with Crippen LogP contribution in [0.5, 0.6) is 0 Å². The van der Waals surface area contributed by atoms with Gasteiger partial charge in [0.1, 0.15) is 0 Å². The van der Waals surface area contributed by atoms with Crippen LogP contribution in [0.2, 0.25) is 0 Å². The van der Waals surface area contributed by atoms with E-state index in [1.165, 1.54) is 12.1 Å². The Morgan fingerprint density at radius 3 is 2.38 bits per heavy atom. The first kappa shape index (κ1) is 25.7. The number of amides is 2. The highest BCUT2D eigenvalue weighted by Crippen LogP contribution is 2.56. The van der Waals surface area contributed by atoms with Crippen molar-refractivity contribution in [1.82, 2.24) is 15.5 Å². The van der Waals surface area contributed by atoms with Crippen LogP contribution in [0.15, 0.2) is 54.6 Å². The minimum atomic E-state index is -4.54. The number of benzene rings is 2. The van der Waals surface area contributed by atoms with Gasteiger partial charge < -0.3 is 15.7 Å². The van der Waals surface area contributed by atoms with E-state index in [9.17, 15) is 27.9 Å². The molecule has 3 atom stereocenters. The lowest BCUT2D eigenvalue weighted by molar-refractivity contribution is -0.137. The van der Waals surface area contributed by atoms with E-state index >= 15 is 0 Å². The summed E-state index contributed by atoms with van der Waals surface area (Å²) >= 11 is 0. The largest absolute Gasteiger partial charge is 0.416 e. The molecule has 1 aliphatic heterocycles. The molecular weight excluding hydrogens is 483 g/mol. The van der Waals surface area contributed by atoms with Gasteiger partial charge in [-0.3, -0.25) is 14.5 Å². The zero-order valence-corrected chi connectivity index (χ0v) is 20.5. The third-order valence-electron chi connectivity index (χ3n) is 8.42. The van der Waals surface area contributed by atoms with E-state index in [0.29, 0.717) is 12.6 Å². The third-order valence-corrected chi connectivity index (χ3v) is 8.42. The molecule has 0 spiro atoms. The minimum absolute atomic E-state index is 0.0504. The maximum Gasteiger partial charge on any atom is 0.416 e. The fourth-order valence-electron chi connectivity index (χ4n) is 6.61. The van der Waals surface area contributed by atoms with E-state index < -0.39 is 23.2 Å². The fourth-order valence-corrected chi connectivity index (χ4v) is 6.61. The Balaban J connectivity index is 1.11. The number of carbonyl (C=O) groups excluding carboxylic acids is 2. The highest BCUT2D eigenvalue weighted by molar-refractivity contribution is 5.96. The predicted molar refractivity (Wildman–Crippen MR) is 131 cm³/mol. The van der Waals surface area contributed by atoms with Crippen LogP contribution in [0.1, 0.15) is 53.6 Å². The normalized spacial score (nSPS) is 29.7. The van der Waals surface area contributed by atoms with Gasteiger partial charge >= 0.3 is 6.18 Å². The summed E-state index contributed by atoms with van der Waals surface area (Å²) in [6, 6.07) is 14.4. The number of nitrogens with zero attached hydrogens (tertiary/aromatic N) is 1. The van der Waals surface area contributed by atoms with Crippen LogP contribution < -0.4 is 10.6 Å². The van der Waals surface area contributed by atoms with Gasteiger partial charge in [0.2, 0.25) is 5.91 Å². The second-order valence-corrected chi connectivity index (χ2v) is 10.6. The summed E-state index contributed by atoms with van der Waals surface area (Å²) in [5.74, 6) is -0.649. The van der Waals surface area contributed by atoms with E-state index in [1.807, 2.05) is 30.3 Å². The van der Waals surface area contributed by atoms with Gasteiger partial charge in [0, 0.05) is 30.7 Å². The number of hydrogen-bond acceptors (Lipinski definition) is 4. The Bertz CT molecular complexity index is 1130. The molecule has 1 saturated heterocycles. The molecule has 5 rings (SSSR count). The molecule has 198 valence electrons. The molecule has 0 aromatic heterocycles. The number of hydrogen-bond donors (Lipinski definition) is 3. The van der Waals surface area contributed by atoms with Crippen molar-refractivity contribution in [2.45, 2.75) is 56.0 Å². The van der Waals surface area contributed by atoms with Crippen molar-refractivity contribution in [2.24, 2.45) is 11.8 Å². The Hall–Kier alpha value is -2.91. The quantitative estimate of drug-likeness (QED) is 0.548. The van der Waals surface area contributed by atoms with Crippen LogP contribution in [0.25, 0.3) is 0 Å². The average molecular weight is 516 g/mol. The molecule has 2 aliphatic carbocycles. The van der Waals surface area contributed by atoms with Crippen molar-refractivity contribution in [3.63, 3.8) is 0 Å². The van der Waals surface area contributed by atoms with Gasteiger partial charge in [-0.15, -0.1) is 0 Å². The second kappa shape index (κ2) is 10.1. The Morgan fingerprint density at radius 1 is 1.00 bits per heavy atom. The molecule has 2 aromatic carbocycles. The summed E-state index contributed by atoms with van der Waals surface area (Å²) < 4.78 is 38.7. The SMILES string of the molecule is O=C(CNC(=O)c1cccc(C(F)(F)F)c1)N[C@@H]1CCN(C2CC3CCC(C2)C3(O)c2ccccc2)C1. The summed E-state index contributed by atoms with van der Waals surface area (Å²) in [6.45, 7) is 1.26. The van der Waals surface area contributed by atoms with Crippen LogP contribution in [0.4, 0.5) is 13.2 Å². The maximum absolute atomic E-state index is 12.9. The van der Waals surface area contributed by atoms with Crippen LogP contribution in [0.3, 0.4) is 0 Å². The van der Waals surface area contributed by atoms with Gasteiger partial charge in [0.05, 0.1) is 17.7 Å². The van der Waals surface area contributed by atoms with Crippen molar-refractivity contribution >= 4 is 11.8 Å². The molecule has 0 radical (unpaired) electrons. The van der Waals surface area contributed by atoms with Crippen LogP contribution >= 0.6 is 0 Å². The fraction of sp³-hybridized carbons (Fsp3) is 0.500. The summed E-state index contributed by atoms with van der Waals surface area (Å²) in [4.78, 5) is 27.1. The van der Waals surface area contributed by atoms with Crippen molar-refractivity contribution in [1.29, 1.82) is 0 Å². The molecule has 2 saturated carbocycles. The molecule has 37 heavy (non-hydrogen) atoms. The lowest BCUT2D eigenvalue weighted by Crippen LogP contribution is -2.49. The van der Waals surface area contributed by atoms with Gasteiger partial charge in [-0.05, 0) is 67.7 Å². The van der Waals surface area contributed by atoms with Gasteiger partial charge in [0.25, 0.3) is 5.91 Å². The molecule has 3 fully saturated rings. The molecule has 2 unspecified atom stereocenters. The molecule has 3 N–H and O–H groups in total. The predicted octanol–water partition coefficient (Wildman–Crippen LogP) is 3.70.